The Kier molecular flexibility index (Phi) is 15.5. The minimum absolute atomic E-state index is 0.0911. The van der Waals surface area contributed by atoms with E-state index in [1.807, 2.05) is 0 Å². The number of hydrogen-bond acceptors (Lipinski definition) is 3. The Balaban J connectivity index is 3.22. The van der Waals surface area contributed by atoms with Crippen molar-refractivity contribution in [2.24, 2.45) is 5.92 Å². The highest BCUT2D eigenvalue weighted by Crippen LogP contribution is 2.12. The Bertz CT molecular complexity index is 297. The molecule has 0 aromatic rings. The minimum atomic E-state index is -0.127. The average Bonchev–Trinajstić information content (AvgIpc) is 2.54. The molecule has 0 aliphatic carbocycles. The summed E-state index contributed by atoms with van der Waals surface area (Å²) in [6, 6.07) is 0. The zero-order valence-corrected chi connectivity index (χ0v) is 15.6. The molecule has 0 aromatic heterocycles. The summed E-state index contributed by atoms with van der Waals surface area (Å²) in [5, 5.41) is 9.71. The van der Waals surface area contributed by atoms with Gasteiger partial charge in [-0.2, -0.15) is 0 Å². The lowest BCUT2D eigenvalue weighted by molar-refractivity contribution is -0.140. The summed E-state index contributed by atoms with van der Waals surface area (Å²) in [5.41, 5.74) is 0. The van der Waals surface area contributed by atoms with Gasteiger partial charge in [0.15, 0.2) is 0 Å². The van der Waals surface area contributed by atoms with Crippen molar-refractivity contribution in [2.75, 3.05) is 7.11 Å². The predicted octanol–water partition coefficient (Wildman–Crippen LogP) is 5.41. The molecule has 0 aliphatic rings. The molecule has 136 valence electrons. The molecule has 0 fully saturated rings. The van der Waals surface area contributed by atoms with E-state index >= 15 is 0 Å². The van der Waals surface area contributed by atoms with Crippen LogP contribution < -0.4 is 0 Å². The van der Waals surface area contributed by atoms with Gasteiger partial charge in [0.25, 0.3) is 0 Å². The van der Waals surface area contributed by atoms with Crippen LogP contribution in [0.25, 0.3) is 0 Å². The molecule has 0 aliphatic heterocycles. The van der Waals surface area contributed by atoms with Gasteiger partial charge < -0.3 is 9.84 Å². The third-order valence-corrected chi connectivity index (χ3v) is 4.29. The van der Waals surface area contributed by atoms with Crippen molar-refractivity contribution in [3.05, 3.63) is 12.2 Å². The molecule has 0 rings (SSSR count). The molecule has 3 heteroatoms. The van der Waals surface area contributed by atoms with Gasteiger partial charge in [0.2, 0.25) is 0 Å². The second-order valence-electron chi connectivity index (χ2n) is 6.80. The molecule has 3 nitrogen and oxygen atoms in total. The molecule has 1 atom stereocenters. The van der Waals surface area contributed by atoms with Crippen molar-refractivity contribution < 1.29 is 14.6 Å². The summed E-state index contributed by atoms with van der Waals surface area (Å²) in [4.78, 5) is 10.9. The number of unbranched alkanes of at least 4 members (excludes halogenated alkanes) is 8. The minimum Gasteiger partial charge on any atom is -0.469 e. The molecule has 0 bridgehead atoms. The van der Waals surface area contributed by atoms with Crippen molar-refractivity contribution in [1.29, 1.82) is 0 Å². The second-order valence-corrected chi connectivity index (χ2v) is 6.80. The van der Waals surface area contributed by atoms with Gasteiger partial charge in [-0.05, 0) is 44.4 Å². The molecular weight excluding hydrogens is 288 g/mol. The fourth-order valence-electron chi connectivity index (χ4n) is 2.53. The Morgan fingerprint density at radius 2 is 1.43 bits per heavy atom. The van der Waals surface area contributed by atoms with E-state index in [2.05, 4.69) is 30.7 Å². The molecule has 0 saturated heterocycles. The number of esters is 1. The fourth-order valence-corrected chi connectivity index (χ4v) is 2.53. The highest BCUT2D eigenvalue weighted by Gasteiger charge is 2.07. The van der Waals surface area contributed by atoms with Gasteiger partial charge >= 0.3 is 5.97 Å². The summed E-state index contributed by atoms with van der Waals surface area (Å²) in [6.45, 7) is 4.15. The van der Waals surface area contributed by atoms with Crippen LogP contribution in [0, 0.1) is 5.92 Å². The van der Waals surface area contributed by atoms with E-state index in [4.69, 9.17) is 0 Å². The molecule has 0 radical (unpaired) electrons. The van der Waals surface area contributed by atoms with Crippen LogP contribution in [-0.4, -0.2) is 24.3 Å². The van der Waals surface area contributed by atoms with E-state index in [1.54, 1.807) is 0 Å². The van der Waals surface area contributed by atoms with Gasteiger partial charge in [-0.1, -0.05) is 58.1 Å². The zero-order valence-electron chi connectivity index (χ0n) is 15.6. The first kappa shape index (κ1) is 22.2. The summed E-state index contributed by atoms with van der Waals surface area (Å²) in [7, 11) is 1.45. The SMILES string of the molecule is COC(=O)CCCCCCC/C=C/CCCCCC(O)C(C)C. The molecule has 23 heavy (non-hydrogen) atoms. The van der Waals surface area contributed by atoms with E-state index in [0.717, 1.165) is 32.1 Å². The normalized spacial score (nSPS) is 12.9. The molecule has 0 amide bonds. The summed E-state index contributed by atoms with van der Waals surface area (Å²) in [6.07, 6.45) is 17.7. The first-order valence-corrected chi connectivity index (χ1v) is 9.47. The van der Waals surface area contributed by atoms with Crippen LogP contribution in [0.2, 0.25) is 0 Å². The lowest BCUT2D eigenvalue weighted by atomic mass is 10.0. The van der Waals surface area contributed by atoms with Gasteiger partial charge in [0.1, 0.15) is 0 Å². The predicted molar refractivity (Wildman–Crippen MR) is 97.4 cm³/mol. The number of aliphatic hydroxyl groups excluding tert-OH is 1. The zero-order chi connectivity index (χ0) is 17.3. The molecule has 1 N–H and O–H groups in total. The Morgan fingerprint density at radius 3 is 2.00 bits per heavy atom. The smallest absolute Gasteiger partial charge is 0.305 e. The van der Waals surface area contributed by atoms with Crippen LogP contribution in [0.15, 0.2) is 12.2 Å². The van der Waals surface area contributed by atoms with Crippen LogP contribution in [0.5, 0.6) is 0 Å². The van der Waals surface area contributed by atoms with Crippen LogP contribution in [-0.2, 0) is 9.53 Å². The van der Waals surface area contributed by atoms with Gasteiger partial charge in [-0.25, -0.2) is 0 Å². The summed E-state index contributed by atoms with van der Waals surface area (Å²) in [5.74, 6) is 0.294. The third-order valence-electron chi connectivity index (χ3n) is 4.29. The monoisotopic (exact) mass is 326 g/mol. The maximum atomic E-state index is 10.9. The van der Waals surface area contributed by atoms with Crippen molar-refractivity contribution in [1.82, 2.24) is 0 Å². The van der Waals surface area contributed by atoms with Gasteiger partial charge in [0.05, 0.1) is 13.2 Å². The molecule has 0 saturated carbocycles. The highest BCUT2D eigenvalue weighted by atomic mass is 16.5. The second kappa shape index (κ2) is 16.0. The molecule has 1 unspecified atom stereocenters. The number of allylic oxidation sites excluding steroid dienone is 2. The van der Waals surface area contributed by atoms with E-state index in [-0.39, 0.29) is 12.1 Å². The lowest BCUT2D eigenvalue weighted by Gasteiger charge is -2.13. The molecule has 0 heterocycles. The molecule has 0 spiro atoms. The first-order valence-electron chi connectivity index (χ1n) is 9.47. The van der Waals surface area contributed by atoms with Crippen LogP contribution in [0.1, 0.15) is 90.9 Å². The first-order chi connectivity index (χ1) is 11.1. The van der Waals surface area contributed by atoms with E-state index in [9.17, 15) is 9.90 Å². The Labute approximate surface area is 143 Å². The number of carbonyl (C=O) groups excluding carboxylic acids is 1. The Hall–Kier alpha value is -0.830. The standard InChI is InChI=1S/C20H38O3/c1-18(2)19(21)16-14-12-10-8-6-4-5-7-9-11-13-15-17-20(22)23-3/h4,6,18-19,21H,5,7-17H2,1-3H3/b6-4+. The van der Waals surface area contributed by atoms with E-state index in [0.29, 0.717) is 12.3 Å². The maximum Gasteiger partial charge on any atom is 0.305 e. The van der Waals surface area contributed by atoms with E-state index in [1.165, 1.54) is 45.6 Å². The number of rotatable bonds is 15. The number of carbonyl (C=O) groups is 1. The molecular formula is C20H38O3. The van der Waals surface area contributed by atoms with Crippen molar-refractivity contribution in [3.8, 4) is 0 Å². The summed E-state index contributed by atoms with van der Waals surface area (Å²) >= 11 is 0. The number of ether oxygens (including phenoxy) is 1. The Morgan fingerprint density at radius 1 is 0.913 bits per heavy atom. The van der Waals surface area contributed by atoms with Gasteiger partial charge in [-0.15, -0.1) is 0 Å². The van der Waals surface area contributed by atoms with Crippen molar-refractivity contribution >= 4 is 5.97 Å². The van der Waals surface area contributed by atoms with Crippen LogP contribution >= 0.6 is 0 Å². The van der Waals surface area contributed by atoms with Crippen molar-refractivity contribution in [2.45, 2.75) is 97.0 Å². The van der Waals surface area contributed by atoms with Crippen molar-refractivity contribution in [3.63, 3.8) is 0 Å². The molecule has 0 aromatic carbocycles. The number of methoxy groups -OCH3 is 1. The van der Waals surface area contributed by atoms with Gasteiger partial charge in [-0.3, -0.25) is 4.79 Å². The van der Waals surface area contributed by atoms with Crippen LogP contribution in [0.3, 0.4) is 0 Å². The van der Waals surface area contributed by atoms with Crippen LogP contribution in [0.4, 0.5) is 0 Å². The van der Waals surface area contributed by atoms with E-state index < -0.39 is 0 Å². The largest absolute Gasteiger partial charge is 0.469 e. The van der Waals surface area contributed by atoms with Gasteiger partial charge in [0, 0.05) is 6.42 Å². The number of aliphatic hydroxyl groups is 1. The average molecular weight is 327 g/mol. The lowest BCUT2D eigenvalue weighted by Crippen LogP contribution is -2.13. The number of hydrogen-bond donors (Lipinski definition) is 1. The summed E-state index contributed by atoms with van der Waals surface area (Å²) < 4.78 is 4.62. The topological polar surface area (TPSA) is 46.5 Å². The fraction of sp³-hybridized carbons (Fsp3) is 0.850. The quantitative estimate of drug-likeness (QED) is 0.248. The highest BCUT2D eigenvalue weighted by molar-refractivity contribution is 5.68. The third kappa shape index (κ3) is 15.8. The maximum absolute atomic E-state index is 10.9.